The molecule has 0 spiro atoms. The average Bonchev–Trinajstić information content (AvgIpc) is 2.67. The van der Waals surface area contributed by atoms with Crippen LogP contribution in [0, 0.1) is 11.3 Å². The highest BCUT2D eigenvalue weighted by atomic mass is 19.1. The minimum atomic E-state index is -0.545. The van der Waals surface area contributed by atoms with Crippen molar-refractivity contribution >= 4 is 0 Å². The Bertz CT molecular complexity index is 851. The van der Waals surface area contributed by atoms with Crippen LogP contribution in [0.5, 0.6) is 5.75 Å². The van der Waals surface area contributed by atoms with Crippen molar-refractivity contribution in [1.82, 2.24) is 0 Å². The molecule has 0 saturated heterocycles. The van der Waals surface area contributed by atoms with Crippen molar-refractivity contribution in [3.63, 3.8) is 0 Å². The van der Waals surface area contributed by atoms with Gasteiger partial charge in [-0.3, -0.25) is 0 Å². The summed E-state index contributed by atoms with van der Waals surface area (Å²) in [5.74, 6) is 0.753. The third-order valence-corrected chi connectivity index (χ3v) is 3.77. The molecule has 0 radical (unpaired) electrons. The molecule has 0 aliphatic rings. The maximum atomic E-state index is 12.9. The lowest BCUT2D eigenvalue weighted by Gasteiger charge is -2.09. The predicted molar refractivity (Wildman–Crippen MR) is 92.2 cm³/mol. The molecule has 0 bridgehead atoms. The number of alkyl halides is 1. The van der Waals surface area contributed by atoms with Crippen LogP contribution in [0.1, 0.15) is 16.7 Å². The summed E-state index contributed by atoms with van der Waals surface area (Å²) in [5.41, 5.74) is 3.80. The molecule has 3 heteroatoms. The maximum absolute atomic E-state index is 12.9. The van der Waals surface area contributed by atoms with Crippen LogP contribution in [0.15, 0.2) is 72.8 Å². The summed E-state index contributed by atoms with van der Waals surface area (Å²) in [7, 11) is 0. The largest absolute Gasteiger partial charge is 0.489 e. The van der Waals surface area contributed by atoms with E-state index in [-0.39, 0.29) is 0 Å². The summed E-state index contributed by atoms with van der Waals surface area (Å²) in [4.78, 5) is 0. The zero-order chi connectivity index (χ0) is 16.8. The normalized spacial score (nSPS) is 10.2. The quantitative estimate of drug-likeness (QED) is 0.642. The maximum Gasteiger partial charge on any atom is 0.119 e. The molecule has 0 heterocycles. The smallest absolute Gasteiger partial charge is 0.119 e. The van der Waals surface area contributed by atoms with Crippen molar-refractivity contribution in [3.8, 4) is 22.9 Å². The topological polar surface area (TPSA) is 33.0 Å². The van der Waals surface area contributed by atoms with Gasteiger partial charge in [-0.05, 0) is 46.5 Å². The molecule has 0 fully saturated rings. The van der Waals surface area contributed by atoms with E-state index in [0.717, 1.165) is 22.4 Å². The first kappa shape index (κ1) is 15.8. The fourth-order valence-electron chi connectivity index (χ4n) is 2.48. The van der Waals surface area contributed by atoms with Gasteiger partial charge in [0.25, 0.3) is 0 Å². The number of halogens is 1. The fraction of sp³-hybridized carbons (Fsp3) is 0.0952. The van der Waals surface area contributed by atoms with E-state index in [4.69, 9.17) is 4.74 Å². The van der Waals surface area contributed by atoms with Crippen molar-refractivity contribution in [2.75, 3.05) is 0 Å². The zero-order valence-electron chi connectivity index (χ0n) is 13.1. The van der Waals surface area contributed by atoms with E-state index in [1.54, 1.807) is 18.2 Å². The summed E-state index contributed by atoms with van der Waals surface area (Å²) in [6.07, 6.45) is 0. The van der Waals surface area contributed by atoms with Crippen LogP contribution >= 0.6 is 0 Å². The standard InChI is InChI=1S/C21H16FNO/c22-13-17-6-7-19(14-23)21(12-17)18-8-10-20(11-9-18)24-15-16-4-2-1-3-5-16/h1-12H,13,15H2. The Hall–Kier alpha value is -3.12. The molecule has 118 valence electrons. The second kappa shape index (κ2) is 7.43. The lowest BCUT2D eigenvalue weighted by molar-refractivity contribution is 0.306. The van der Waals surface area contributed by atoms with Crippen LogP contribution in [-0.4, -0.2) is 0 Å². The summed E-state index contributed by atoms with van der Waals surface area (Å²) in [6.45, 7) is -0.0437. The van der Waals surface area contributed by atoms with Crippen LogP contribution in [0.2, 0.25) is 0 Å². The van der Waals surface area contributed by atoms with Crippen LogP contribution in [0.3, 0.4) is 0 Å². The molecule has 0 unspecified atom stereocenters. The second-order valence-electron chi connectivity index (χ2n) is 5.42. The van der Waals surface area contributed by atoms with Gasteiger partial charge in [-0.2, -0.15) is 5.26 Å². The molecule has 3 aromatic carbocycles. The molecule has 2 nitrogen and oxygen atoms in total. The molecule has 3 rings (SSSR count). The first-order valence-corrected chi connectivity index (χ1v) is 7.66. The molecule has 3 aromatic rings. The highest BCUT2D eigenvalue weighted by Gasteiger charge is 2.07. The van der Waals surface area contributed by atoms with Crippen molar-refractivity contribution < 1.29 is 9.13 Å². The van der Waals surface area contributed by atoms with Crippen molar-refractivity contribution in [3.05, 3.63) is 89.5 Å². The average molecular weight is 317 g/mol. The monoisotopic (exact) mass is 317 g/mol. The number of nitrogens with zero attached hydrogens (tertiary/aromatic N) is 1. The molecular formula is C21H16FNO. The van der Waals surface area contributed by atoms with Gasteiger partial charge in [-0.1, -0.05) is 48.5 Å². The molecule has 0 atom stereocenters. The summed E-state index contributed by atoms with van der Waals surface area (Å²) in [6, 6.07) is 24.6. The van der Waals surface area contributed by atoms with Crippen molar-refractivity contribution in [2.24, 2.45) is 0 Å². The van der Waals surface area contributed by atoms with E-state index in [0.29, 0.717) is 17.7 Å². The lowest BCUT2D eigenvalue weighted by Crippen LogP contribution is -1.95. The first-order chi connectivity index (χ1) is 11.8. The van der Waals surface area contributed by atoms with Crippen LogP contribution in [0.4, 0.5) is 4.39 Å². The number of hydrogen-bond acceptors (Lipinski definition) is 2. The highest BCUT2D eigenvalue weighted by molar-refractivity contribution is 5.71. The fourth-order valence-corrected chi connectivity index (χ4v) is 2.48. The molecule has 0 aromatic heterocycles. The Morgan fingerprint density at radius 3 is 2.29 bits per heavy atom. The second-order valence-corrected chi connectivity index (χ2v) is 5.42. The Kier molecular flexibility index (Phi) is 4.88. The minimum Gasteiger partial charge on any atom is -0.489 e. The Morgan fingerprint density at radius 2 is 1.62 bits per heavy atom. The lowest BCUT2D eigenvalue weighted by atomic mass is 9.98. The highest BCUT2D eigenvalue weighted by Crippen LogP contribution is 2.27. The molecule has 0 saturated carbocycles. The van der Waals surface area contributed by atoms with E-state index in [9.17, 15) is 9.65 Å². The first-order valence-electron chi connectivity index (χ1n) is 7.66. The third-order valence-electron chi connectivity index (χ3n) is 3.77. The third kappa shape index (κ3) is 3.61. The van der Waals surface area contributed by atoms with Gasteiger partial charge >= 0.3 is 0 Å². The van der Waals surface area contributed by atoms with E-state index in [2.05, 4.69) is 6.07 Å². The number of ether oxygens (including phenoxy) is 1. The molecular weight excluding hydrogens is 301 g/mol. The molecule has 0 N–H and O–H groups in total. The van der Waals surface area contributed by atoms with E-state index in [1.807, 2.05) is 54.6 Å². The van der Waals surface area contributed by atoms with E-state index >= 15 is 0 Å². The van der Waals surface area contributed by atoms with Crippen molar-refractivity contribution in [1.29, 1.82) is 5.26 Å². The summed E-state index contributed by atoms with van der Waals surface area (Å²) in [5, 5.41) is 9.24. The molecule has 0 aliphatic carbocycles. The van der Waals surface area contributed by atoms with Gasteiger partial charge in [-0.15, -0.1) is 0 Å². The van der Waals surface area contributed by atoms with Crippen molar-refractivity contribution in [2.45, 2.75) is 13.3 Å². The Morgan fingerprint density at radius 1 is 0.875 bits per heavy atom. The Balaban J connectivity index is 1.78. The SMILES string of the molecule is N#Cc1ccc(CF)cc1-c1ccc(OCc2ccccc2)cc1. The number of hydrogen-bond donors (Lipinski definition) is 0. The molecule has 0 aliphatic heterocycles. The summed E-state index contributed by atoms with van der Waals surface area (Å²) < 4.78 is 18.6. The van der Waals surface area contributed by atoms with Crippen LogP contribution in [-0.2, 0) is 13.3 Å². The van der Waals surface area contributed by atoms with Gasteiger partial charge in [0.2, 0.25) is 0 Å². The van der Waals surface area contributed by atoms with Gasteiger partial charge < -0.3 is 4.74 Å². The van der Waals surface area contributed by atoms with Gasteiger partial charge in [0.05, 0.1) is 11.6 Å². The number of nitriles is 1. The zero-order valence-corrected chi connectivity index (χ0v) is 13.1. The minimum absolute atomic E-state index is 0.501. The van der Waals surface area contributed by atoms with Gasteiger partial charge in [0, 0.05) is 0 Å². The number of rotatable bonds is 5. The number of benzene rings is 3. The Labute approximate surface area is 140 Å². The van der Waals surface area contributed by atoms with E-state index < -0.39 is 6.67 Å². The molecule has 0 amide bonds. The predicted octanol–water partition coefficient (Wildman–Crippen LogP) is 5.27. The van der Waals surface area contributed by atoms with E-state index in [1.165, 1.54) is 0 Å². The van der Waals surface area contributed by atoms with Gasteiger partial charge in [0.1, 0.15) is 19.0 Å². The molecule has 24 heavy (non-hydrogen) atoms. The van der Waals surface area contributed by atoms with Crippen LogP contribution < -0.4 is 4.74 Å². The van der Waals surface area contributed by atoms with Gasteiger partial charge in [-0.25, -0.2) is 4.39 Å². The van der Waals surface area contributed by atoms with Gasteiger partial charge in [0.15, 0.2) is 0 Å². The summed E-state index contributed by atoms with van der Waals surface area (Å²) >= 11 is 0. The van der Waals surface area contributed by atoms with Crippen LogP contribution in [0.25, 0.3) is 11.1 Å².